The first kappa shape index (κ1) is 22.5. The van der Waals surface area contributed by atoms with Crippen LogP contribution in [-0.4, -0.2) is 15.3 Å². The summed E-state index contributed by atoms with van der Waals surface area (Å²) in [5.74, 6) is 7.02. The molecule has 1 aromatic heterocycles. The first-order chi connectivity index (χ1) is 13.9. The van der Waals surface area contributed by atoms with E-state index in [1.54, 1.807) is 6.20 Å². The maximum atomic E-state index is 6.17. The first-order valence-electron chi connectivity index (χ1n) is 9.84. The number of halogens is 1. The van der Waals surface area contributed by atoms with Gasteiger partial charge in [0.2, 0.25) is 0 Å². The molecular formula is C24H29ClN4. The Balaban J connectivity index is 2.13. The highest BCUT2D eigenvalue weighted by atomic mass is 35.5. The molecule has 0 saturated carbocycles. The Morgan fingerprint density at radius 1 is 1.41 bits per heavy atom. The molecule has 0 aliphatic heterocycles. The predicted molar refractivity (Wildman–Crippen MR) is 124 cm³/mol. The summed E-state index contributed by atoms with van der Waals surface area (Å²) in [5, 5.41) is 3.40. The number of aryl methyl sites for hydroxylation is 1. The third-order valence-electron chi connectivity index (χ3n) is 4.36. The minimum absolute atomic E-state index is 0.0844. The highest BCUT2D eigenvalue weighted by Gasteiger charge is 2.11. The van der Waals surface area contributed by atoms with Crippen LogP contribution in [0.15, 0.2) is 60.6 Å². The molecule has 0 fully saturated rings. The Morgan fingerprint density at radius 3 is 2.93 bits per heavy atom. The van der Waals surface area contributed by atoms with E-state index >= 15 is 0 Å². The van der Waals surface area contributed by atoms with Crippen LogP contribution in [0.3, 0.4) is 0 Å². The minimum atomic E-state index is 0.0844. The predicted octanol–water partition coefficient (Wildman–Crippen LogP) is 5.51. The lowest BCUT2D eigenvalue weighted by Gasteiger charge is -2.13. The SMILES string of the molecule is C=C(CC1=CCC(Cl)CC#C1)Nc1ncc(C(=C)/C=C\C(N)=C/C)nc1CCC. The zero-order valence-electron chi connectivity index (χ0n) is 17.3. The van der Waals surface area contributed by atoms with E-state index in [0.717, 1.165) is 53.3 Å². The van der Waals surface area contributed by atoms with Gasteiger partial charge in [0.15, 0.2) is 5.82 Å². The number of hydrogen-bond acceptors (Lipinski definition) is 4. The number of nitrogens with zero attached hydrogens (tertiary/aromatic N) is 2. The van der Waals surface area contributed by atoms with Gasteiger partial charge in [-0.2, -0.15) is 0 Å². The second-order valence-electron chi connectivity index (χ2n) is 6.92. The van der Waals surface area contributed by atoms with Crippen LogP contribution in [0.1, 0.15) is 50.9 Å². The Kier molecular flexibility index (Phi) is 8.76. The summed E-state index contributed by atoms with van der Waals surface area (Å²) in [6, 6.07) is 0. The Labute approximate surface area is 179 Å². The fourth-order valence-electron chi connectivity index (χ4n) is 2.71. The summed E-state index contributed by atoms with van der Waals surface area (Å²) in [4.78, 5) is 9.33. The molecule has 1 unspecified atom stereocenters. The molecule has 3 N–H and O–H groups in total. The number of anilines is 1. The molecule has 0 amide bonds. The van der Waals surface area contributed by atoms with E-state index in [9.17, 15) is 0 Å². The molecule has 0 bridgehead atoms. The van der Waals surface area contributed by atoms with Gasteiger partial charge in [-0.1, -0.05) is 56.6 Å². The van der Waals surface area contributed by atoms with Gasteiger partial charge in [0.25, 0.3) is 0 Å². The van der Waals surface area contributed by atoms with Crippen molar-refractivity contribution in [3.8, 4) is 11.8 Å². The fraction of sp³-hybridized carbons (Fsp3) is 0.333. The van der Waals surface area contributed by atoms with E-state index in [1.165, 1.54) is 0 Å². The van der Waals surface area contributed by atoms with Crippen molar-refractivity contribution in [1.29, 1.82) is 0 Å². The van der Waals surface area contributed by atoms with Crippen molar-refractivity contribution < 1.29 is 0 Å². The number of nitrogens with one attached hydrogen (secondary N) is 1. The summed E-state index contributed by atoms with van der Waals surface area (Å²) in [5.41, 5.74) is 10.7. The van der Waals surface area contributed by atoms with Gasteiger partial charge < -0.3 is 11.1 Å². The first-order valence-corrected chi connectivity index (χ1v) is 10.3. The molecule has 5 heteroatoms. The molecular weight excluding hydrogens is 380 g/mol. The fourth-order valence-corrected chi connectivity index (χ4v) is 2.88. The van der Waals surface area contributed by atoms with Gasteiger partial charge in [-0.25, -0.2) is 9.97 Å². The van der Waals surface area contributed by atoms with Crippen LogP contribution in [0.5, 0.6) is 0 Å². The summed E-state index contributed by atoms with van der Waals surface area (Å²) >= 11 is 6.17. The molecule has 152 valence electrons. The highest BCUT2D eigenvalue weighted by molar-refractivity contribution is 6.20. The third-order valence-corrected chi connectivity index (χ3v) is 4.69. The molecule has 1 aliphatic carbocycles. The second kappa shape index (κ2) is 11.3. The number of alkyl halides is 1. The molecule has 4 nitrogen and oxygen atoms in total. The van der Waals surface area contributed by atoms with Crippen molar-refractivity contribution in [3.05, 3.63) is 72.0 Å². The molecule has 1 aromatic rings. The molecule has 1 atom stereocenters. The average Bonchev–Trinajstić information content (AvgIpc) is 2.91. The van der Waals surface area contributed by atoms with Crippen LogP contribution in [0.2, 0.25) is 0 Å². The van der Waals surface area contributed by atoms with E-state index < -0.39 is 0 Å². The molecule has 29 heavy (non-hydrogen) atoms. The number of allylic oxidation sites excluding steroid dienone is 6. The largest absolute Gasteiger partial charge is 0.399 e. The zero-order chi connectivity index (χ0) is 21.2. The van der Waals surface area contributed by atoms with Crippen molar-refractivity contribution in [2.45, 2.75) is 51.3 Å². The molecule has 2 rings (SSSR count). The van der Waals surface area contributed by atoms with E-state index in [-0.39, 0.29) is 5.38 Å². The zero-order valence-corrected chi connectivity index (χ0v) is 18.0. The number of aromatic nitrogens is 2. The molecule has 0 radical (unpaired) electrons. The Hall–Kier alpha value is -2.77. The number of rotatable bonds is 9. The van der Waals surface area contributed by atoms with Crippen molar-refractivity contribution >= 4 is 23.0 Å². The lowest BCUT2D eigenvalue weighted by Crippen LogP contribution is -2.08. The number of hydrogen-bond donors (Lipinski definition) is 2. The van der Waals surface area contributed by atoms with Crippen LogP contribution in [0.25, 0.3) is 5.57 Å². The van der Waals surface area contributed by atoms with Crippen molar-refractivity contribution in [2.75, 3.05) is 5.32 Å². The van der Waals surface area contributed by atoms with Gasteiger partial charge in [0.1, 0.15) is 0 Å². The van der Waals surface area contributed by atoms with Gasteiger partial charge in [-0.3, -0.25) is 0 Å². The van der Waals surface area contributed by atoms with Gasteiger partial charge in [-0.05, 0) is 31.4 Å². The summed E-state index contributed by atoms with van der Waals surface area (Å²) in [6.45, 7) is 12.2. The summed E-state index contributed by atoms with van der Waals surface area (Å²) in [7, 11) is 0. The smallest absolute Gasteiger partial charge is 0.151 e. The topological polar surface area (TPSA) is 63.8 Å². The standard InChI is InChI=1S/C24H29ClN4/c1-5-8-22-24(27-16-23(29-22)17(3)11-14-21(26)6-2)28-18(4)15-19-9-7-10-20(25)13-12-19/h6,11-12,14,16,20H,3-5,8,10,13,15,26H2,1-2H3,(H,27,28)/b14-11-,21-6+. The third kappa shape index (κ3) is 7.29. The second-order valence-corrected chi connectivity index (χ2v) is 7.54. The van der Waals surface area contributed by atoms with Gasteiger partial charge in [0.05, 0.1) is 17.6 Å². The van der Waals surface area contributed by atoms with Gasteiger partial charge >= 0.3 is 0 Å². The summed E-state index contributed by atoms with van der Waals surface area (Å²) in [6.07, 6.45) is 13.2. The van der Waals surface area contributed by atoms with E-state index in [0.29, 0.717) is 18.5 Å². The lowest BCUT2D eigenvalue weighted by atomic mass is 10.1. The quantitative estimate of drug-likeness (QED) is 0.321. The molecule has 1 heterocycles. The molecule has 0 spiro atoms. The van der Waals surface area contributed by atoms with Crippen LogP contribution < -0.4 is 11.1 Å². The Morgan fingerprint density at radius 2 is 2.21 bits per heavy atom. The van der Waals surface area contributed by atoms with Gasteiger partial charge in [0, 0.05) is 35.2 Å². The average molecular weight is 409 g/mol. The Bertz CT molecular complexity index is 913. The highest BCUT2D eigenvalue weighted by Crippen LogP contribution is 2.21. The molecule has 0 aromatic carbocycles. The molecule has 1 aliphatic rings. The summed E-state index contributed by atoms with van der Waals surface area (Å²) < 4.78 is 0. The van der Waals surface area contributed by atoms with Crippen LogP contribution >= 0.6 is 11.6 Å². The van der Waals surface area contributed by atoms with Gasteiger partial charge in [-0.15, -0.1) is 11.6 Å². The minimum Gasteiger partial charge on any atom is -0.399 e. The lowest BCUT2D eigenvalue weighted by molar-refractivity contribution is 0.868. The van der Waals surface area contributed by atoms with Crippen LogP contribution in [0.4, 0.5) is 5.82 Å². The van der Waals surface area contributed by atoms with Crippen molar-refractivity contribution in [1.82, 2.24) is 9.97 Å². The van der Waals surface area contributed by atoms with E-state index in [1.807, 2.05) is 25.2 Å². The monoisotopic (exact) mass is 408 g/mol. The van der Waals surface area contributed by atoms with Crippen molar-refractivity contribution in [3.63, 3.8) is 0 Å². The maximum absolute atomic E-state index is 6.17. The van der Waals surface area contributed by atoms with E-state index in [2.05, 4.69) is 48.3 Å². The van der Waals surface area contributed by atoms with Crippen molar-refractivity contribution in [2.24, 2.45) is 5.73 Å². The van der Waals surface area contributed by atoms with Crippen LogP contribution in [0, 0.1) is 11.8 Å². The maximum Gasteiger partial charge on any atom is 0.151 e. The van der Waals surface area contributed by atoms with Crippen LogP contribution in [-0.2, 0) is 6.42 Å². The molecule has 0 saturated heterocycles. The number of nitrogens with two attached hydrogens (primary N) is 1. The normalized spacial score (nSPS) is 16.6. The van der Waals surface area contributed by atoms with E-state index in [4.69, 9.17) is 22.3 Å².